The smallest absolute Gasteiger partial charge is 0.240 e. The number of benzene rings is 1. The third kappa shape index (κ3) is 5.26. The van der Waals surface area contributed by atoms with E-state index >= 15 is 0 Å². The molecule has 0 saturated heterocycles. The molecule has 0 atom stereocenters. The fourth-order valence-electron chi connectivity index (χ4n) is 2.69. The summed E-state index contributed by atoms with van der Waals surface area (Å²) in [6, 6.07) is 4.62. The molecule has 1 N–H and O–H groups in total. The Labute approximate surface area is 147 Å². The second kappa shape index (κ2) is 7.73. The average Bonchev–Trinajstić information content (AvgIpc) is 2.48. The van der Waals surface area contributed by atoms with Gasteiger partial charge in [0.1, 0.15) is 6.54 Å². The van der Waals surface area contributed by atoms with Crippen LogP contribution in [0.4, 0.5) is 5.69 Å². The molecule has 0 bridgehead atoms. The molecule has 8 heteroatoms. The largest absolute Gasteiger partial charge is 0.352 e. The van der Waals surface area contributed by atoms with E-state index in [0.717, 1.165) is 36.2 Å². The first kappa shape index (κ1) is 18.4. The standard InChI is InChI=1S/C15H20Cl2N2O3S/c1-23(21,22)19(12-7-8-13(16)14(17)9-12)10-15(20)18-11-5-3-2-4-6-11/h7-9,11H,2-6,10H2,1H3,(H,18,20). The van der Waals surface area contributed by atoms with Gasteiger partial charge in [-0.05, 0) is 31.0 Å². The van der Waals surface area contributed by atoms with Gasteiger partial charge in [-0.15, -0.1) is 0 Å². The Hall–Kier alpha value is -0.980. The highest BCUT2D eigenvalue weighted by Gasteiger charge is 2.23. The quantitative estimate of drug-likeness (QED) is 0.854. The van der Waals surface area contributed by atoms with E-state index in [4.69, 9.17) is 23.2 Å². The van der Waals surface area contributed by atoms with E-state index < -0.39 is 10.0 Å². The highest BCUT2D eigenvalue weighted by Crippen LogP contribution is 2.28. The maximum atomic E-state index is 12.2. The summed E-state index contributed by atoms with van der Waals surface area (Å²) in [6.07, 6.45) is 6.31. The molecule has 0 unspecified atom stereocenters. The lowest BCUT2D eigenvalue weighted by molar-refractivity contribution is -0.120. The third-order valence-corrected chi connectivity index (χ3v) is 5.73. The van der Waals surface area contributed by atoms with Crippen LogP contribution in [0.5, 0.6) is 0 Å². The minimum atomic E-state index is -3.61. The molecule has 0 heterocycles. The van der Waals surface area contributed by atoms with Crippen LogP contribution in [0, 0.1) is 0 Å². The molecule has 1 fully saturated rings. The molecule has 0 aromatic heterocycles. The molecule has 1 aromatic rings. The molecule has 0 spiro atoms. The monoisotopic (exact) mass is 378 g/mol. The van der Waals surface area contributed by atoms with Crippen molar-refractivity contribution in [2.45, 2.75) is 38.1 Å². The Bertz CT molecular complexity index is 673. The zero-order valence-electron chi connectivity index (χ0n) is 12.9. The Morgan fingerprint density at radius 3 is 2.43 bits per heavy atom. The van der Waals surface area contributed by atoms with Gasteiger partial charge in [0.2, 0.25) is 15.9 Å². The first-order chi connectivity index (χ1) is 10.8. The summed E-state index contributed by atoms with van der Waals surface area (Å²) in [5, 5.41) is 3.48. The maximum Gasteiger partial charge on any atom is 0.240 e. The molecule has 0 radical (unpaired) electrons. The fourth-order valence-corrected chi connectivity index (χ4v) is 3.83. The van der Waals surface area contributed by atoms with E-state index in [1.165, 1.54) is 24.6 Å². The van der Waals surface area contributed by atoms with E-state index in [0.29, 0.717) is 10.7 Å². The van der Waals surface area contributed by atoms with Crippen molar-refractivity contribution in [1.29, 1.82) is 0 Å². The van der Waals surface area contributed by atoms with E-state index in [1.807, 2.05) is 0 Å². The van der Waals surface area contributed by atoms with Crippen molar-refractivity contribution in [2.75, 3.05) is 17.1 Å². The van der Waals surface area contributed by atoms with Crippen molar-refractivity contribution in [3.05, 3.63) is 28.2 Å². The lowest BCUT2D eigenvalue weighted by Gasteiger charge is -2.26. The summed E-state index contributed by atoms with van der Waals surface area (Å²) >= 11 is 11.8. The number of anilines is 1. The SMILES string of the molecule is CS(=O)(=O)N(CC(=O)NC1CCCCC1)c1ccc(Cl)c(Cl)c1. The Balaban J connectivity index is 2.12. The van der Waals surface area contributed by atoms with Crippen LogP contribution in [-0.4, -0.2) is 33.2 Å². The predicted molar refractivity (Wildman–Crippen MR) is 93.7 cm³/mol. The zero-order chi connectivity index (χ0) is 17.0. The molecule has 1 aromatic carbocycles. The van der Waals surface area contributed by atoms with E-state index in [-0.39, 0.29) is 23.5 Å². The Morgan fingerprint density at radius 2 is 1.87 bits per heavy atom. The maximum absolute atomic E-state index is 12.2. The number of nitrogens with zero attached hydrogens (tertiary/aromatic N) is 1. The molecule has 1 saturated carbocycles. The first-order valence-electron chi connectivity index (χ1n) is 7.49. The molecule has 1 aliphatic rings. The molecular weight excluding hydrogens is 359 g/mol. The number of sulfonamides is 1. The van der Waals surface area contributed by atoms with Gasteiger partial charge in [0.25, 0.3) is 0 Å². The van der Waals surface area contributed by atoms with Crippen LogP contribution in [0.2, 0.25) is 10.0 Å². The minimum absolute atomic E-state index is 0.131. The number of hydrogen-bond acceptors (Lipinski definition) is 3. The summed E-state index contributed by atoms with van der Waals surface area (Å²) in [5.74, 6) is -0.312. The van der Waals surface area contributed by atoms with Crippen molar-refractivity contribution in [2.24, 2.45) is 0 Å². The predicted octanol–water partition coefficient (Wildman–Crippen LogP) is 3.21. The molecule has 5 nitrogen and oxygen atoms in total. The number of halogens is 2. The third-order valence-electron chi connectivity index (χ3n) is 3.85. The van der Waals surface area contributed by atoms with Gasteiger partial charge in [-0.2, -0.15) is 0 Å². The highest BCUT2D eigenvalue weighted by molar-refractivity contribution is 7.92. The molecule has 128 valence electrons. The Morgan fingerprint density at radius 1 is 1.22 bits per heavy atom. The van der Waals surface area contributed by atoms with Gasteiger partial charge in [0, 0.05) is 6.04 Å². The number of rotatable bonds is 5. The van der Waals surface area contributed by atoms with Crippen LogP contribution in [0.15, 0.2) is 18.2 Å². The number of hydrogen-bond donors (Lipinski definition) is 1. The fraction of sp³-hybridized carbons (Fsp3) is 0.533. The van der Waals surface area contributed by atoms with Crippen molar-refractivity contribution in [1.82, 2.24) is 5.32 Å². The van der Waals surface area contributed by atoms with Crippen LogP contribution in [0.3, 0.4) is 0 Å². The lowest BCUT2D eigenvalue weighted by Crippen LogP contribution is -2.44. The zero-order valence-corrected chi connectivity index (χ0v) is 15.2. The van der Waals surface area contributed by atoms with Crippen molar-refractivity contribution >= 4 is 44.8 Å². The summed E-state index contributed by atoms with van der Waals surface area (Å²) < 4.78 is 25.1. The Kier molecular flexibility index (Phi) is 6.17. The van der Waals surface area contributed by atoms with Crippen LogP contribution >= 0.6 is 23.2 Å². The van der Waals surface area contributed by atoms with Crippen LogP contribution in [-0.2, 0) is 14.8 Å². The number of amides is 1. The lowest BCUT2D eigenvalue weighted by atomic mass is 9.95. The molecule has 23 heavy (non-hydrogen) atoms. The van der Waals surface area contributed by atoms with Gasteiger partial charge in [0.05, 0.1) is 22.0 Å². The van der Waals surface area contributed by atoms with Crippen molar-refractivity contribution in [3.63, 3.8) is 0 Å². The first-order valence-corrected chi connectivity index (χ1v) is 10.1. The van der Waals surface area contributed by atoms with E-state index in [2.05, 4.69) is 5.32 Å². The number of carbonyl (C=O) groups excluding carboxylic acids is 1. The second-order valence-electron chi connectivity index (χ2n) is 5.77. The highest BCUT2D eigenvalue weighted by atomic mass is 35.5. The second-order valence-corrected chi connectivity index (χ2v) is 8.49. The minimum Gasteiger partial charge on any atom is -0.352 e. The van der Waals surface area contributed by atoms with E-state index in [1.54, 1.807) is 0 Å². The van der Waals surface area contributed by atoms with Crippen molar-refractivity contribution in [3.8, 4) is 0 Å². The molecule has 0 aliphatic heterocycles. The summed E-state index contributed by atoms with van der Waals surface area (Å²) in [7, 11) is -3.61. The van der Waals surface area contributed by atoms with Crippen molar-refractivity contribution < 1.29 is 13.2 Å². The van der Waals surface area contributed by atoms with Crippen LogP contribution < -0.4 is 9.62 Å². The van der Waals surface area contributed by atoms with Crippen LogP contribution in [0.25, 0.3) is 0 Å². The molecule has 2 rings (SSSR count). The van der Waals surface area contributed by atoms with Gasteiger partial charge < -0.3 is 5.32 Å². The summed E-state index contributed by atoms with van der Waals surface area (Å²) in [6.45, 7) is -0.271. The molecule has 1 aliphatic carbocycles. The topological polar surface area (TPSA) is 66.5 Å². The van der Waals surface area contributed by atoms with Gasteiger partial charge in [0.15, 0.2) is 0 Å². The number of carbonyl (C=O) groups is 1. The van der Waals surface area contributed by atoms with Gasteiger partial charge >= 0.3 is 0 Å². The molecule has 1 amide bonds. The summed E-state index contributed by atoms with van der Waals surface area (Å²) in [5.41, 5.74) is 0.320. The normalized spacial score (nSPS) is 16.1. The van der Waals surface area contributed by atoms with Gasteiger partial charge in [-0.3, -0.25) is 9.10 Å². The van der Waals surface area contributed by atoms with Gasteiger partial charge in [-0.25, -0.2) is 8.42 Å². The van der Waals surface area contributed by atoms with Gasteiger partial charge in [-0.1, -0.05) is 42.5 Å². The molecular formula is C15H20Cl2N2O3S. The number of nitrogens with one attached hydrogen (secondary N) is 1. The summed E-state index contributed by atoms with van der Waals surface area (Å²) in [4.78, 5) is 12.2. The van der Waals surface area contributed by atoms with Crippen LogP contribution in [0.1, 0.15) is 32.1 Å². The van der Waals surface area contributed by atoms with E-state index in [9.17, 15) is 13.2 Å². The average molecular weight is 379 g/mol.